The maximum Gasteiger partial charge on any atom is 0.297 e. The molecule has 2 heterocycles. The van der Waals surface area contributed by atoms with Gasteiger partial charge in [0.25, 0.3) is 5.56 Å². The fraction of sp³-hybridized carbons (Fsp3) is 0.130. The smallest absolute Gasteiger partial charge is 0.283 e. The number of nitriles is 1. The maximum atomic E-state index is 13.2. The van der Waals surface area contributed by atoms with Gasteiger partial charge in [-0.1, -0.05) is 30.3 Å². The Labute approximate surface area is 183 Å². The quantitative estimate of drug-likeness (QED) is 0.465. The molecule has 7 nitrogen and oxygen atoms in total. The molecule has 0 bridgehead atoms. The summed E-state index contributed by atoms with van der Waals surface area (Å²) in [6, 6.07) is 18.8. The zero-order valence-electron chi connectivity index (χ0n) is 17.4. The maximum absolute atomic E-state index is 13.2. The van der Waals surface area contributed by atoms with E-state index in [2.05, 4.69) is 16.2 Å². The lowest BCUT2D eigenvalue weighted by molar-refractivity contribution is 0.630. The van der Waals surface area contributed by atoms with Crippen molar-refractivity contribution >= 4 is 23.2 Å². The Hall–Kier alpha value is -3.96. The van der Waals surface area contributed by atoms with Gasteiger partial charge in [0.1, 0.15) is 0 Å². The van der Waals surface area contributed by atoms with E-state index in [1.54, 1.807) is 32.4 Å². The Balaban J connectivity index is 1.78. The molecule has 31 heavy (non-hydrogen) atoms. The summed E-state index contributed by atoms with van der Waals surface area (Å²) >= 11 is 1.42. The van der Waals surface area contributed by atoms with Crippen LogP contribution < -0.4 is 10.4 Å². The minimum atomic E-state index is -0.181. The summed E-state index contributed by atoms with van der Waals surface area (Å²) in [5, 5.41) is 15.4. The van der Waals surface area contributed by atoms with E-state index in [1.807, 2.05) is 68.7 Å². The summed E-state index contributed by atoms with van der Waals surface area (Å²) in [7, 11) is 1.85. The monoisotopic (exact) mass is 428 g/mol. The van der Waals surface area contributed by atoms with Crippen LogP contribution in [0.4, 0.5) is 5.69 Å². The normalized spacial score (nSPS) is 11.9. The van der Waals surface area contributed by atoms with E-state index in [0.29, 0.717) is 16.1 Å². The van der Waals surface area contributed by atoms with Crippen LogP contribution in [0.25, 0.3) is 5.69 Å². The number of nitrogens with zero attached hydrogens (tertiary/aromatic N) is 6. The molecule has 0 amide bonds. The van der Waals surface area contributed by atoms with Gasteiger partial charge in [-0.3, -0.25) is 9.48 Å². The molecule has 0 fully saturated rings. The molecule has 0 aliphatic heterocycles. The number of thiazole rings is 1. The predicted octanol–water partition coefficient (Wildman–Crippen LogP) is 3.64. The van der Waals surface area contributed by atoms with Crippen molar-refractivity contribution in [1.82, 2.24) is 14.0 Å². The molecular formula is C23H20N6OS. The Bertz CT molecular complexity index is 1430. The van der Waals surface area contributed by atoms with Crippen LogP contribution in [-0.4, -0.2) is 20.3 Å². The van der Waals surface area contributed by atoms with Crippen LogP contribution in [0.2, 0.25) is 0 Å². The highest BCUT2D eigenvalue weighted by atomic mass is 32.1. The first-order chi connectivity index (χ1) is 15.0. The molecule has 4 aromatic rings. The second kappa shape index (κ2) is 8.42. The minimum absolute atomic E-state index is 0.181. The Morgan fingerprint density at radius 1 is 1.06 bits per heavy atom. The van der Waals surface area contributed by atoms with Crippen LogP contribution in [-0.2, 0) is 7.05 Å². The Kier molecular flexibility index (Phi) is 5.52. The van der Waals surface area contributed by atoms with Gasteiger partial charge in [0.2, 0.25) is 4.80 Å². The molecule has 2 aromatic heterocycles. The van der Waals surface area contributed by atoms with Crippen molar-refractivity contribution < 1.29 is 0 Å². The Morgan fingerprint density at radius 3 is 2.45 bits per heavy atom. The van der Waals surface area contributed by atoms with E-state index < -0.39 is 0 Å². The number of benzene rings is 2. The van der Waals surface area contributed by atoms with E-state index in [1.165, 1.54) is 11.3 Å². The third-order valence-corrected chi connectivity index (χ3v) is 5.88. The molecule has 0 saturated carbocycles. The summed E-state index contributed by atoms with van der Waals surface area (Å²) in [6.45, 7) is 3.82. The lowest BCUT2D eigenvalue weighted by atomic mass is 10.2. The van der Waals surface area contributed by atoms with Crippen molar-refractivity contribution in [2.75, 3.05) is 0 Å². The fourth-order valence-electron chi connectivity index (χ4n) is 3.15. The summed E-state index contributed by atoms with van der Waals surface area (Å²) in [5.41, 5.74) is 4.13. The molecule has 0 aliphatic rings. The molecule has 2 aromatic carbocycles. The van der Waals surface area contributed by atoms with Gasteiger partial charge in [0.05, 0.1) is 34.9 Å². The highest BCUT2D eigenvalue weighted by molar-refractivity contribution is 7.07. The van der Waals surface area contributed by atoms with Gasteiger partial charge < -0.3 is 0 Å². The van der Waals surface area contributed by atoms with Gasteiger partial charge in [-0.25, -0.2) is 14.4 Å². The second-order valence-electron chi connectivity index (χ2n) is 6.97. The van der Waals surface area contributed by atoms with Crippen LogP contribution in [0.1, 0.15) is 22.5 Å². The average Bonchev–Trinajstić information content (AvgIpc) is 3.24. The number of rotatable bonds is 4. The second-order valence-corrected chi connectivity index (χ2v) is 7.81. The zero-order valence-corrected chi connectivity index (χ0v) is 18.2. The van der Waals surface area contributed by atoms with Gasteiger partial charge in [-0.15, -0.1) is 11.3 Å². The van der Waals surface area contributed by atoms with Gasteiger partial charge in [-0.2, -0.15) is 10.4 Å². The highest BCUT2D eigenvalue weighted by Gasteiger charge is 2.16. The zero-order chi connectivity index (χ0) is 22.0. The van der Waals surface area contributed by atoms with Crippen molar-refractivity contribution in [1.29, 1.82) is 5.26 Å². The lowest BCUT2D eigenvalue weighted by Gasteiger charge is -2.07. The molecule has 0 aliphatic carbocycles. The molecular weight excluding hydrogens is 408 g/mol. The van der Waals surface area contributed by atoms with E-state index in [4.69, 9.17) is 5.26 Å². The third kappa shape index (κ3) is 3.91. The predicted molar refractivity (Wildman–Crippen MR) is 122 cm³/mol. The lowest BCUT2D eigenvalue weighted by Crippen LogP contribution is -2.19. The molecule has 0 unspecified atom stereocenters. The van der Waals surface area contributed by atoms with Crippen LogP contribution in [0.5, 0.6) is 0 Å². The van der Waals surface area contributed by atoms with Crippen LogP contribution in [0.15, 0.2) is 74.9 Å². The minimum Gasteiger partial charge on any atom is -0.283 e. The van der Waals surface area contributed by atoms with Crippen LogP contribution in [0.3, 0.4) is 0 Å². The SMILES string of the molecule is Cc1csc(=Nc2c(C)n(C)n(-c3ccccc3)c2=O)n1N=Cc1ccc(C#N)cc1. The number of aromatic nitrogens is 3. The number of para-hydroxylation sites is 1. The standard InChI is InChI=1S/C23H20N6OS/c1-16-15-31-23(28(16)25-14-19-11-9-18(13-24)10-12-19)26-21-17(2)27(3)29(22(21)30)20-7-5-4-6-8-20/h4-12,14-15H,1-3H3. The highest BCUT2D eigenvalue weighted by Crippen LogP contribution is 2.16. The number of hydrogen-bond donors (Lipinski definition) is 0. The molecule has 0 spiro atoms. The Morgan fingerprint density at radius 2 is 1.77 bits per heavy atom. The third-order valence-electron chi connectivity index (χ3n) is 4.94. The van der Waals surface area contributed by atoms with Crippen molar-refractivity contribution in [2.45, 2.75) is 13.8 Å². The van der Waals surface area contributed by atoms with Crippen molar-refractivity contribution in [3.8, 4) is 11.8 Å². The first kappa shape index (κ1) is 20.3. The molecule has 0 N–H and O–H groups in total. The fourth-order valence-corrected chi connectivity index (χ4v) is 3.96. The van der Waals surface area contributed by atoms with E-state index in [0.717, 1.165) is 22.6 Å². The van der Waals surface area contributed by atoms with E-state index >= 15 is 0 Å². The van der Waals surface area contributed by atoms with Gasteiger partial charge in [0.15, 0.2) is 5.69 Å². The topological polar surface area (TPSA) is 80.4 Å². The van der Waals surface area contributed by atoms with Crippen molar-refractivity contribution in [3.63, 3.8) is 0 Å². The summed E-state index contributed by atoms with van der Waals surface area (Å²) < 4.78 is 5.13. The van der Waals surface area contributed by atoms with Crippen molar-refractivity contribution in [3.05, 3.63) is 97.6 Å². The first-order valence-corrected chi connectivity index (χ1v) is 10.5. The summed E-state index contributed by atoms with van der Waals surface area (Å²) in [5.74, 6) is 0. The molecule has 4 rings (SSSR count). The molecule has 0 saturated heterocycles. The summed E-state index contributed by atoms with van der Waals surface area (Å²) in [4.78, 5) is 18.4. The number of hydrogen-bond acceptors (Lipinski definition) is 5. The van der Waals surface area contributed by atoms with Gasteiger partial charge >= 0.3 is 0 Å². The molecule has 8 heteroatoms. The molecule has 0 atom stereocenters. The average molecular weight is 429 g/mol. The van der Waals surface area contributed by atoms with Gasteiger partial charge in [-0.05, 0) is 43.7 Å². The number of aryl methyl sites for hydroxylation is 1. The molecule has 154 valence electrons. The van der Waals surface area contributed by atoms with E-state index in [-0.39, 0.29) is 5.56 Å². The first-order valence-electron chi connectivity index (χ1n) is 9.60. The summed E-state index contributed by atoms with van der Waals surface area (Å²) in [6.07, 6.45) is 1.71. The van der Waals surface area contributed by atoms with Gasteiger partial charge in [0, 0.05) is 12.4 Å². The van der Waals surface area contributed by atoms with Crippen molar-refractivity contribution in [2.24, 2.45) is 17.1 Å². The van der Waals surface area contributed by atoms with Crippen LogP contribution in [0, 0.1) is 25.2 Å². The largest absolute Gasteiger partial charge is 0.297 e. The van der Waals surface area contributed by atoms with E-state index in [9.17, 15) is 4.79 Å². The molecule has 0 radical (unpaired) electrons. The van der Waals surface area contributed by atoms with Crippen LogP contribution >= 0.6 is 11.3 Å².